The molecule has 0 nitrogen and oxygen atoms in total. The topological polar surface area (TPSA) is 0 Å². The quantitative estimate of drug-likeness (QED) is 0.686. The minimum Gasteiger partial charge on any atom is -0.117 e. The molecule has 0 N–H and O–H groups in total. The van der Waals surface area contributed by atoms with Gasteiger partial charge < -0.3 is 0 Å². The molecule has 1 aliphatic rings. The first-order valence-electron chi connectivity index (χ1n) is 5.07. The molecule has 0 amide bonds. The first-order valence-corrected chi connectivity index (χ1v) is 6.30. The number of alkyl halides is 1. The standard InChI is InChI=1S/C12H14BrCl/c1-2-12(7-8-12)11(14)9-3-5-10(13)6-4-9/h3-6,11H,2,7-8H2,1H3. The molecule has 14 heavy (non-hydrogen) atoms. The van der Waals surface area contributed by atoms with Crippen LogP contribution in [0.15, 0.2) is 28.7 Å². The van der Waals surface area contributed by atoms with E-state index >= 15 is 0 Å². The molecule has 1 atom stereocenters. The van der Waals surface area contributed by atoms with E-state index in [1.54, 1.807) is 0 Å². The maximum Gasteiger partial charge on any atom is 0.0641 e. The Morgan fingerprint density at radius 2 is 1.93 bits per heavy atom. The van der Waals surface area contributed by atoms with E-state index < -0.39 is 0 Å². The molecule has 0 spiro atoms. The van der Waals surface area contributed by atoms with Crippen molar-refractivity contribution in [2.45, 2.75) is 31.6 Å². The SMILES string of the molecule is CCC1(C(Cl)c2ccc(Br)cc2)CC1. The van der Waals surface area contributed by atoms with Crippen LogP contribution < -0.4 is 0 Å². The highest BCUT2D eigenvalue weighted by molar-refractivity contribution is 9.10. The Balaban J connectivity index is 2.19. The summed E-state index contributed by atoms with van der Waals surface area (Å²) in [5.41, 5.74) is 1.66. The second-order valence-electron chi connectivity index (χ2n) is 4.13. The van der Waals surface area contributed by atoms with E-state index in [4.69, 9.17) is 11.6 Å². The summed E-state index contributed by atoms with van der Waals surface area (Å²) in [5.74, 6) is 0. The van der Waals surface area contributed by atoms with Crippen LogP contribution in [0.2, 0.25) is 0 Å². The molecule has 1 unspecified atom stereocenters. The van der Waals surface area contributed by atoms with Crippen molar-refractivity contribution < 1.29 is 0 Å². The van der Waals surface area contributed by atoms with Gasteiger partial charge in [-0.1, -0.05) is 35.0 Å². The average molecular weight is 274 g/mol. The zero-order valence-corrected chi connectivity index (χ0v) is 10.6. The van der Waals surface area contributed by atoms with Crippen molar-refractivity contribution in [2.75, 3.05) is 0 Å². The van der Waals surface area contributed by atoms with E-state index in [0.29, 0.717) is 5.41 Å². The Morgan fingerprint density at radius 1 is 1.36 bits per heavy atom. The Hall–Kier alpha value is -0.0100. The van der Waals surface area contributed by atoms with Crippen LogP contribution >= 0.6 is 27.5 Å². The maximum atomic E-state index is 6.50. The number of rotatable bonds is 3. The van der Waals surface area contributed by atoms with Crippen LogP contribution in [0.25, 0.3) is 0 Å². The van der Waals surface area contributed by atoms with Crippen LogP contribution in [0.1, 0.15) is 37.1 Å². The van der Waals surface area contributed by atoms with Gasteiger partial charge in [0.2, 0.25) is 0 Å². The highest BCUT2D eigenvalue weighted by Gasteiger charge is 2.47. The fourth-order valence-electron chi connectivity index (χ4n) is 1.93. The first kappa shape index (κ1) is 10.5. The first-order chi connectivity index (χ1) is 6.68. The number of hydrogen-bond donors (Lipinski definition) is 0. The number of benzene rings is 1. The van der Waals surface area contributed by atoms with Crippen LogP contribution in [0.3, 0.4) is 0 Å². The third-order valence-corrected chi connectivity index (χ3v) is 4.54. The molecule has 76 valence electrons. The summed E-state index contributed by atoms with van der Waals surface area (Å²) in [6.45, 7) is 2.24. The lowest BCUT2D eigenvalue weighted by molar-refractivity contribution is 0.472. The summed E-state index contributed by atoms with van der Waals surface area (Å²) < 4.78 is 1.12. The Morgan fingerprint density at radius 3 is 2.36 bits per heavy atom. The fourth-order valence-corrected chi connectivity index (χ4v) is 2.71. The minimum atomic E-state index is 0.195. The maximum absolute atomic E-state index is 6.50. The molecule has 0 aliphatic heterocycles. The summed E-state index contributed by atoms with van der Waals surface area (Å²) >= 11 is 9.93. The van der Waals surface area contributed by atoms with Crippen molar-refractivity contribution in [1.29, 1.82) is 0 Å². The molecule has 0 saturated heterocycles. The summed E-state index contributed by atoms with van der Waals surface area (Å²) in [4.78, 5) is 0. The van der Waals surface area contributed by atoms with Gasteiger partial charge in [-0.05, 0) is 42.4 Å². The molecular weight excluding hydrogens is 259 g/mol. The van der Waals surface area contributed by atoms with Gasteiger partial charge in [-0.25, -0.2) is 0 Å². The fraction of sp³-hybridized carbons (Fsp3) is 0.500. The van der Waals surface area contributed by atoms with Gasteiger partial charge in [0.15, 0.2) is 0 Å². The van der Waals surface area contributed by atoms with E-state index in [9.17, 15) is 0 Å². The van der Waals surface area contributed by atoms with Gasteiger partial charge in [-0.15, -0.1) is 11.6 Å². The average Bonchev–Trinajstić information content (AvgIpc) is 2.99. The lowest BCUT2D eigenvalue weighted by atomic mass is 9.93. The predicted octanol–water partition coefficient (Wildman–Crippen LogP) is 4.92. The van der Waals surface area contributed by atoms with E-state index in [1.165, 1.54) is 24.8 Å². The molecule has 0 aromatic heterocycles. The smallest absolute Gasteiger partial charge is 0.0641 e. The van der Waals surface area contributed by atoms with Gasteiger partial charge in [0.25, 0.3) is 0 Å². The third kappa shape index (κ3) is 1.85. The van der Waals surface area contributed by atoms with Crippen molar-refractivity contribution >= 4 is 27.5 Å². The van der Waals surface area contributed by atoms with Gasteiger partial charge in [-0.3, -0.25) is 0 Å². The Bertz CT molecular complexity index is 314. The molecule has 1 aromatic carbocycles. The van der Waals surface area contributed by atoms with Gasteiger partial charge >= 0.3 is 0 Å². The molecule has 1 aromatic rings. The highest BCUT2D eigenvalue weighted by Crippen LogP contribution is 2.60. The summed E-state index contributed by atoms with van der Waals surface area (Å²) in [6, 6.07) is 8.38. The van der Waals surface area contributed by atoms with E-state index in [-0.39, 0.29) is 5.38 Å². The molecule has 1 saturated carbocycles. The molecule has 2 rings (SSSR count). The van der Waals surface area contributed by atoms with Crippen molar-refractivity contribution in [3.05, 3.63) is 34.3 Å². The molecule has 1 fully saturated rings. The predicted molar refractivity (Wildman–Crippen MR) is 64.7 cm³/mol. The zero-order valence-electron chi connectivity index (χ0n) is 8.26. The van der Waals surface area contributed by atoms with Crippen LogP contribution in [-0.2, 0) is 0 Å². The second kappa shape index (κ2) is 3.86. The van der Waals surface area contributed by atoms with Crippen LogP contribution in [0.4, 0.5) is 0 Å². The van der Waals surface area contributed by atoms with Gasteiger partial charge in [-0.2, -0.15) is 0 Å². The van der Waals surface area contributed by atoms with Gasteiger partial charge in [0, 0.05) is 4.47 Å². The summed E-state index contributed by atoms with van der Waals surface area (Å²) in [5, 5.41) is 0.195. The lowest BCUT2D eigenvalue weighted by Crippen LogP contribution is -2.07. The molecule has 0 radical (unpaired) electrons. The van der Waals surface area contributed by atoms with Gasteiger partial charge in [0.05, 0.1) is 5.38 Å². The van der Waals surface area contributed by atoms with E-state index in [1.807, 2.05) is 0 Å². The van der Waals surface area contributed by atoms with Crippen molar-refractivity contribution in [3.63, 3.8) is 0 Å². The third-order valence-electron chi connectivity index (χ3n) is 3.30. The monoisotopic (exact) mass is 272 g/mol. The molecule has 0 heterocycles. The van der Waals surface area contributed by atoms with Crippen LogP contribution in [0, 0.1) is 5.41 Å². The lowest BCUT2D eigenvalue weighted by Gasteiger charge is -2.19. The highest BCUT2D eigenvalue weighted by atomic mass is 79.9. The van der Waals surface area contributed by atoms with E-state index in [2.05, 4.69) is 47.1 Å². The number of hydrogen-bond acceptors (Lipinski definition) is 0. The normalized spacial score (nSPS) is 20.5. The van der Waals surface area contributed by atoms with Crippen molar-refractivity contribution in [3.8, 4) is 0 Å². The van der Waals surface area contributed by atoms with Crippen molar-refractivity contribution in [2.24, 2.45) is 5.41 Å². The molecule has 0 bridgehead atoms. The number of halogens is 2. The second-order valence-corrected chi connectivity index (χ2v) is 5.48. The molecular formula is C12H14BrCl. The van der Waals surface area contributed by atoms with Crippen LogP contribution in [-0.4, -0.2) is 0 Å². The Labute approximate surface area is 98.8 Å². The summed E-state index contributed by atoms with van der Waals surface area (Å²) in [7, 11) is 0. The zero-order chi connectivity index (χ0) is 10.2. The molecule has 2 heteroatoms. The Kier molecular flexibility index (Phi) is 2.90. The van der Waals surface area contributed by atoms with Crippen LogP contribution in [0.5, 0.6) is 0 Å². The van der Waals surface area contributed by atoms with Crippen molar-refractivity contribution in [1.82, 2.24) is 0 Å². The molecule has 1 aliphatic carbocycles. The minimum absolute atomic E-state index is 0.195. The van der Waals surface area contributed by atoms with Gasteiger partial charge in [0.1, 0.15) is 0 Å². The summed E-state index contributed by atoms with van der Waals surface area (Å²) in [6.07, 6.45) is 3.76. The van der Waals surface area contributed by atoms with E-state index in [0.717, 1.165) is 4.47 Å². The largest absolute Gasteiger partial charge is 0.117 e.